The Kier molecular flexibility index (Phi) is 1.69. The highest BCUT2D eigenvalue weighted by Crippen LogP contribution is 2.24. The van der Waals surface area contributed by atoms with E-state index in [1.807, 2.05) is 0 Å². The van der Waals surface area contributed by atoms with Crippen molar-refractivity contribution in [2.75, 3.05) is 0 Å². The number of benzene rings is 2. The number of hydrogen-bond acceptors (Lipinski definition) is 1. The maximum Gasteiger partial charge on any atom is 0.123 e. The lowest BCUT2D eigenvalue weighted by Gasteiger charge is -2.02. The molecular weight excluding hydrogens is 167 g/mol. The maximum absolute atomic E-state index is 12.8. The van der Waals surface area contributed by atoms with Gasteiger partial charge in [-0.15, -0.1) is 0 Å². The van der Waals surface area contributed by atoms with Crippen molar-refractivity contribution >= 4 is 10.8 Å². The van der Waals surface area contributed by atoms with Crippen LogP contribution in [0.25, 0.3) is 10.8 Å². The third-order valence-corrected chi connectivity index (χ3v) is 2.12. The largest absolute Gasteiger partial charge is 0.508 e. The van der Waals surface area contributed by atoms with Gasteiger partial charge in [-0.1, -0.05) is 6.07 Å². The van der Waals surface area contributed by atoms with Crippen LogP contribution in [0.3, 0.4) is 0 Å². The van der Waals surface area contributed by atoms with E-state index >= 15 is 0 Å². The van der Waals surface area contributed by atoms with E-state index in [0.717, 1.165) is 16.3 Å². The molecule has 0 aromatic heterocycles. The molecule has 66 valence electrons. The molecule has 0 aliphatic carbocycles. The molecule has 1 nitrogen and oxygen atoms in total. The molecule has 0 aliphatic rings. The quantitative estimate of drug-likeness (QED) is 0.654. The molecule has 2 heteroatoms. The standard InChI is InChI=1S/C11H9FO/c1-7-4-9-5-10(12)3-2-8(9)6-11(7)13/h2-6,13H,1H3. The van der Waals surface area contributed by atoms with Gasteiger partial charge >= 0.3 is 0 Å². The molecular formula is C11H9FO. The Balaban J connectivity index is 2.81. The highest BCUT2D eigenvalue weighted by molar-refractivity contribution is 5.84. The zero-order chi connectivity index (χ0) is 9.42. The lowest BCUT2D eigenvalue weighted by Crippen LogP contribution is -1.79. The summed E-state index contributed by atoms with van der Waals surface area (Å²) >= 11 is 0. The van der Waals surface area contributed by atoms with Crippen molar-refractivity contribution in [1.29, 1.82) is 0 Å². The van der Waals surface area contributed by atoms with E-state index in [9.17, 15) is 9.50 Å². The Bertz CT molecular complexity index is 463. The first kappa shape index (κ1) is 8.05. The molecule has 0 fully saturated rings. The van der Waals surface area contributed by atoms with Gasteiger partial charge in [0, 0.05) is 0 Å². The van der Waals surface area contributed by atoms with Crippen molar-refractivity contribution in [3.8, 4) is 5.75 Å². The average Bonchev–Trinajstić information content (AvgIpc) is 2.08. The summed E-state index contributed by atoms with van der Waals surface area (Å²) in [5, 5.41) is 11.1. The first-order valence-electron chi connectivity index (χ1n) is 4.06. The number of halogens is 1. The van der Waals surface area contributed by atoms with Gasteiger partial charge in [-0.25, -0.2) is 4.39 Å². The van der Waals surface area contributed by atoms with Crippen molar-refractivity contribution in [2.45, 2.75) is 6.92 Å². The van der Waals surface area contributed by atoms with Crippen molar-refractivity contribution in [2.24, 2.45) is 0 Å². The second-order valence-corrected chi connectivity index (χ2v) is 3.13. The van der Waals surface area contributed by atoms with Gasteiger partial charge in [0.25, 0.3) is 0 Å². The Labute approximate surface area is 75.4 Å². The van der Waals surface area contributed by atoms with Gasteiger partial charge in [0.15, 0.2) is 0 Å². The van der Waals surface area contributed by atoms with Gasteiger partial charge < -0.3 is 5.11 Å². The lowest BCUT2D eigenvalue weighted by molar-refractivity contribution is 0.472. The minimum Gasteiger partial charge on any atom is -0.508 e. The van der Waals surface area contributed by atoms with Gasteiger partial charge in [0.1, 0.15) is 11.6 Å². The smallest absolute Gasteiger partial charge is 0.123 e. The molecule has 0 unspecified atom stereocenters. The highest BCUT2D eigenvalue weighted by Gasteiger charge is 2.00. The molecule has 0 aliphatic heterocycles. The number of phenols is 1. The highest BCUT2D eigenvalue weighted by atomic mass is 19.1. The SMILES string of the molecule is Cc1cc2cc(F)ccc2cc1O. The fourth-order valence-electron chi connectivity index (χ4n) is 1.37. The molecule has 1 N–H and O–H groups in total. The summed E-state index contributed by atoms with van der Waals surface area (Å²) in [6.07, 6.45) is 0. The van der Waals surface area contributed by atoms with E-state index in [1.54, 1.807) is 25.1 Å². The molecule has 2 aromatic carbocycles. The summed E-state index contributed by atoms with van der Waals surface area (Å²) in [6.45, 7) is 1.79. The lowest BCUT2D eigenvalue weighted by atomic mass is 10.1. The average molecular weight is 176 g/mol. The first-order chi connectivity index (χ1) is 6.16. The number of aromatic hydroxyl groups is 1. The molecule has 13 heavy (non-hydrogen) atoms. The number of fused-ring (bicyclic) bond motifs is 1. The summed E-state index contributed by atoms with van der Waals surface area (Å²) in [5.74, 6) is -0.00306. The van der Waals surface area contributed by atoms with Crippen LogP contribution >= 0.6 is 0 Å². The third-order valence-electron chi connectivity index (χ3n) is 2.12. The van der Waals surface area contributed by atoms with Crippen molar-refractivity contribution in [3.05, 3.63) is 41.7 Å². The topological polar surface area (TPSA) is 20.2 Å². The summed E-state index contributed by atoms with van der Waals surface area (Å²) < 4.78 is 12.8. The molecule has 0 radical (unpaired) electrons. The molecule has 0 bridgehead atoms. The second-order valence-electron chi connectivity index (χ2n) is 3.13. The third kappa shape index (κ3) is 1.35. The number of phenolic OH excluding ortho intramolecular Hbond substituents is 1. The van der Waals surface area contributed by atoms with Gasteiger partial charge in [0.05, 0.1) is 0 Å². The molecule has 0 saturated carbocycles. The molecule has 0 saturated heterocycles. The van der Waals surface area contributed by atoms with Crippen molar-refractivity contribution < 1.29 is 9.50 Å². The Morgan fingerprint density at radius 2 is 1.85 bits per heavy atom. The van der Waals surface area contributed by atoms with Gasteiger partial charge in [-0.2, -0.15) is 0 Å². The molecule has 2 rings (SSSR count). The zero-order valence-electron chi connectivity index (χ0n) is 7.21. The van der Waals surface area contributed by atoms with E-state index < -0.39 is 0 Å². The van der Waals surface area contributed by atoms with Crippen molar-refractivity contribution in [1.82, 2.24) is 0 Å². The Morgan fingerprint density at radius 3 is 2.62 bits per heavy atom. The van der Waals surface area contributed by atoms with Crippen LogP contribution < -0.4 is 0 Å². The van der Waals surface area contributed by atoms with Crippen LogP contribution in [0.1, 0.15) is 5.56 Å². The van der Waals surface area contributed by atoms with Crippen LogP contribution in [0, 0.1) is 12.7 Å². The van der Waals surface area contributed by atoms with Gasteiger partial charge in [-0.05, 0) is 47.5 Å². The Hall–Kier alpha value is -1.57. The fraction of sp³-hybridized carbons (Fsp3) is 0.0909. The van der Waals surface area contributed by atoms with Crippen LogP contribution in [0.15, 0.2) is 30.3 Å². The summed E-state index contributed by atoms with van der Waals surface area (Å²) in [5.41, 5.74) is 0.762. The summed E-state index contributed by atoms with van der Waals surface area (Å²) in [4.78, 5) is 0. The molecule has 0 heterocycles. The van der Waals surface area contributed by atoms with Crippen LogP contribution in [0.4, 0.5) is 4.39 Å². The number of hydrogen-bond donors (Lipinski definition) is 1. The fourth-order valence-corrected chi connectivity index (χ4v) is 1.37. The van der Waals surface area contributed by atoms with E-state index in [1.165, 1.54) is 12.1 Å². The molecule has 0 spiro atoms. The maximum atomic E-state index is 12.8. The normalized spacial score (nSPS) is 10.6. The summed E-state index contributed by atoms with van der Waals surface area (Å²) in [7, 11) is 0. The van der Waals surface area contributed by atoms with Crippen LogP contribution in [0.2, 0.25) is 0 Å². The molecule has 0 amide bonds. The number of aryl methyl sites for hydroxylation is 1. The molecule has 2 aromatic rings. The monoisotopic (exact) mass is 176 g/mol. The summed E-state index contributed by atoms with van der Waals surface area (Å²) in [6, 6.07) is 7.92. The van der Waals surface area contributed by atoms with Crippen LogP contribution in [-0.2, 0) is 0 Å². The molecule has 0 atom stereocenters. The number of rotatable bonds is 0. The van der Waals surface area contributed by atoms with Crippen LogP contribution in [-0.4, -0.2) is 5.11 Å². The van der Waals surface area contributed by atoms with E-state index in [2.05, 4.69) is 0 Å². The minimum atomic E-state index is -0.252. The van der Waals surface area contributed by atoms with E-state index in [-0.39, 0.29) is 11.6 Å². The second kappa shape index (κ2) is 2.73. The van der Waals surface area contributed by atoms with Crippen molar-refractivity contribution in [3.63, 3.8) is 0 Å². The minimum absolute atomic E-state index is 0.249. The predicted molar refractivity (Wildman–Crippen MR) is 50.3 cm³/mol. The predicted octanol–water partition coefficient (Wildman–Crippen LogP) is 2.99. The zero-order valence-corrected chi connectivity index (χ0v) is 7.21. The van der Waals surface area contributed by atoms with Gasteiger partial charge in [0.2, 0.25) is 0 Å². The Morgan fingerprint density at radius 1 is 1.08 bits per heavy atom. The van der Waals surface area contributed by atoms with E-state index in [0.29, 0.717) is 0 Å². The van der Waals surface area contributed by atoms with Gasteiger partial charge in [-0.3, -0.25) is 0 Å². The van der Waals surface area contributed by atoms with Crippen LogP contribution in [0.5, 0.6) is 5.75 Å². The first-order valence-corrected chi connectivity index (χ1v) is 4.06. The van der Waals surface area contributed by atoms with E-state index in [4.69, 9.17) is 0 Å².